The van der Waals surface area contributed by atoms with Gasteiger partial charge in [0.05, 0.1) is 10.6 Å². The Morgan fingerprint density at radius 2 is 2.29 bits per heavy atom. The Balaban J connectivity index is 2.29. The second-order valence-electron chi connectivity index (χ2n) is 4.28. The number of carbonyl (C=O) groups excluding carboxylic acids is 1. The summed E-state index contributed by atoms with van der Waals surface area (Å²) in [5, 5.41) is 11.6. The van der Waals surface area contributed by atoms with Gasteiger partial charge in [-0.1, -0.05) is 12.1 Å². The normalized spacial score (nSPS) is 10.3. The molecule has 5 nitrogen and oxygen atoms in total. The molecule has 0 unspecified atom stereocenters. The molecule has 0 aliphatic heterocycles. The van der Waals surface area contributed by atoms with E-state index >= 15 is 0 Å². The zero-order valence-electron chi connectivity index (χ0n) is 11.4. The highest BCUT2D eigenvalue weighted by Crippen LogP contribution is 2.31. The smallest absolute Gasteiger partial charge is 0.323 e. The third-order valence-corrected chi connectivity index (χ3v) is 4.87. The number of hydrogen-bond acceptors (Lipinski definition) is 5. The fourth-order valence-corrected chi connectivity index (χ4v) is 3.61. The Kier molecular flexibility index (Phi) is 4.87. The van der Waals surface area contributed by atoms with E-state index in [2.05, 4.69) is 11.6 Å². The van der Waals surface area contributed by atoms with Crippen LogP contribution in [0, 0.1) is 6.92 Å². The zero-order valence-corrected chi connectivity index (χ0v) is 13.0. The zero-order chi connectivity index (χ0) is 15.4. The number of nitrogens with zero attached hydrogens (tertiary/aromatic N) is 2. The van der Waals surface area contributed by atoms with Crippen molar-refractivity contribution in [3.8, 4) is 9.88 Å². The van der Waals surface area contributed by atoms with Gasteiger partial charge in [0, 0.05) is 6.54 Å². The molecule has 0 aliphatic carbocycles. The largest absolute Gasteiger partial charge is 0.480 e. The molecule has 2 rings (SSSR count). The number of aromatic nitrogens is 1. The number of carbonyl (C=O) groups is 2. The second kappa shape index (κ2) is 6.64. The number of amides is 1. The summed E-state index contributed by atoms with van der Waals surface area (Å²) in [6, 6.07) is 3.86. The number of carboxylic acids is 1. The van der Waals surface area contributed by atoms with Gasteiger partial charge in [0.1, 0.15) is 16.4 Å². The lowest BCUT2D eigenvalue weighted by atomic mass is 10.3. The van der Waals surface area contributed by atoms with Gasteiger partial charge in [-0.25, -0.2) is 4.98 Å². The molecule has 0 radical (unpaired) electrons. The molecule has 1 N–H and O–H groups in total. The molecule has 2 aromatic rings. The standard InChI is InChI=1S/C14H14N2O3S2/c1-3-6-16(8-11(17)18)14(19)12-9(2)15-13(21-12)10-5-4-7-20-10/h3-5,7H,1,6,8H2,2H3,(H,17,18). The minimum atomic E-state index is -1.05. The molecule has 0 aliphatic rings. The van der Waals surface area contributed by atoms with Crippen LogP contribution in [0.25, 0.3) is 9.88 Å². The number of carboxylic acid groups (broad SMARTS) is 1. The molecule has 0 saturated heterocycles. The van der Waals surface area contributed by atoms with Crippen LogP contribution in [-0.2, 0) is 4.79 Å². The molecule has 7 heteroatoms. The van der Waals surface area contributed by atoms with Crippen molar-refractivity contribution in [2.75, 3.05) is 13.1 Å². The van der Waals surface area contributed by atoms with Crippen LogP contribution < -0.4 is 0 Å². The quantitative estimate of drug-likeness (QED) is 0.830. The van der Waals surface area contributed by atoms with Gasteiger partial charge in [-0.3, -0.25) is 9.59 Å². The van der Waals surface area contributed by atoms with Crippen LogP contribution >= 0.6 is 22.7 Å². The number of aryl methyl sites for hydroxylation is 1. The monoisotopic (exact) mass is 322 g/mol. The van der Waals surface area contributed by atoms with Crippen molar-refractivity contribution in [2.24, 2.45) is 0 Å². The minimum Gasteiger partial charge on any atom is -0.480 e. The van der Waals surface area contributed by atoms with E-state index in [0.717, 1.165) is 9.88 Å². The Hall–Kier alpha value is -1.99. The summed E-state index contributed by atoms with van der Waals surface area (Å²) in [6.07, 6.45) is 1.51. The number of hydrogen-bond donors (Lipinski definition) is 1. The molecule has 0 fully saturated rings. The Morgan fingerprint density at radius 1 is 1.52 bits per heavy atom. The van der Waals surface area contributed by atoms with Gasteiger partial charge < -0.3 is 10.0 Å². The fraction of sp³-hybridized carbons (Fsp3) is 0.214. The van der Waals surface area contributed by atoms with Crippen LogP contribution in [0.2, 0.25) is 0 Å². The number of thiophene rings is 1. The van der Waals surface area contributed by atoms with Crippen molar-refractivity contribution in [2.45, 2.75) is 6.92 Å². The Labute approximate surface area is 130 Å². The van der Waals surface area contributed by atoms with E-state index < -0.39 is 5.97 Å². The number of rotatable bonds is 6. The molecule has 0 atom stereocenters. The van der Waals surface area contributed by atoms with Crippen molar-refractivity contribution in [3.05, 3.63) is 40.7 Å². The molecule has 0 bridgehead atoms. The molecule has 2 heterocycles. The summed E-state index contributed by atoms with van der Waals surface area (Å²) in [6.45, 7) is 5.15. The Bertz CT molecular complexity index is 662. The van der Waals surface area contributed by atoms with Gasteiger partial charge in [-0.2, -0.15) is 0 Å². The first-order valence-corrected chi connectivity index (χ1v) is 7.85. The highest BCUT2D eigenvalue weighted by Gasteiger charge is 2.23. The number of aliphatic carboxylic acids is 1. The lowest BCUT2D eigenvalue weighted by Gasteiger charge is -2.17. The van der Waals surface area contributed by atoms with Gasteiger partial charge in [-0.05, 0) is 18.4 Å². The average molecular weight is 322 g/mol. The van der Waals surface area contributed by atoms with Gasteiger partial charge in [0.15, 0.2) is 0 Å². The van der Waals surface area contributed by atoms with Crippen LogP contribution in [0.5, 0.6) is 0 Å². The van der Waals surface area contributed by atoms with Crippen molar-refractivity contribution >= 4 is 34.6 Å². The van der Waals surface area contributed by atoms with Gasteiger partial charge in [0.25, 0.3) is 5.91 Å². The van der Waals surface area contributed by atoms with Gasteiger partial charge in [0.2, 0.25) is 0 Å². The van der Waals surface area contributed by atoms with E-state index in [9.17, 15) is 9.59 Å². The minimum absolute atomic E-state index is 0.191. The van der Waals surface area contributed by atoms with E-state index in [4.69, 9.17) is 5.11 Å². The molecular formula is C14H14N2O3S2. The summed E-state index contributed by atoms with van der Waals surface area (Å²) in [5.41, 5.74) is 0.618. The fourth-order valence-electron chi connectivity index (χ4n) is 1.78. The maximum absolute atomic E-state index is 12.5. The van der Waals surface area contributed by atoms with Gasteiger partial charge in [-0.15, -0.1) is 29.3 Å². The molecule has 0 spiro atoms. The third-order valence-electron chi connectivity index (χ3n) is 2.69. The highest BCUT2D eigenvalue weighted by molar-refractivity contribution is 7.22. The second-order valence-corrected chi connectivity index (χ2v) is 6.23. The molecular weight excluding hydrogens is 308 g/mol. The lowest BCUT2D eigenvalue weighted by Crippen LogP contribution is -2.35. The Morgan fingerprint density at radius 3 is 2.86 bits per heavy atom. The van der Waals surface area contributed by atoms with Crippen molar-refractivity contribution < 1.29 is 14.7 Å². The first kappa shape index (κ1) is 15.4. The van der Waals surface area contributed by atoms with E-state index in [1.54, 1.807) is 18.3 Å². The summed E-state index contributed by atoms with van der Waals surface area (Å²) < 4.78 is 0. The summed E-state index contributed by atoms with van der Waals surface area (Å²) in [4.78, 5) is 30.4. The van der Waals surface area contributed by atoms with Crippen molar-refractivity contribution in [3.63, 3.8) is 0 Å². The molecule has 0 aromatic carbocycles. The maximum Gasteiger partial charge on any atom is 0.323 e. The average Bonchev–Trinajstić information content (AvgIpc) is 3.05. The predicted molar refractivity (Wildman–Crippen MR) is 83.9 cm³/mol. The molecule has 110 valence electrons. The molecule has 0 saturated carbocycles. The first-order valence-electron chi connectivity index (χ1n) is 6.16. The van der Waals surface area contributed by atoms with Crippen LogP contribution in [0.3, 0.4) is 0 Å². The summed E-state index contributed by atoms with van der Waals surface area (Å²) >= 11 is 2.84. The van der Waals surface area contributed by atoms with Crippen LogP contribution in [0.4, 0.5) is 0 Å². The SMILES string of the molecule is C=CCN(CC(=O)O)C(=O)c1sc(-c2cccs2)nc1C. The topological polar surface area (TPSA) is 70.5 Å². The lowest BCUT2D eigenvalue weighted by molar-refractivity contribution is -0.137. The first-order chi connectivity index (χ1) is 10.0. The van der Waals surface area contributed by atoms with E-state index in [-0.39, 0.29) is 19.0 Å². The van der Waals surface area contributed by atoms with E-state index in [0.29, 0.717) is 10.6 Å². The van der Waals surface area contributed by atoms with Crippen molar-refractivity contribution in [1.82, 2.24) is 9.88 Å². The maximum atomic E-state index is 12.5. The third kappa shape index (κ3) is 3.56. The van der Waals surface area contributed by atoms with Crippen LogP contribution in [0.1, 0.15) is 15.4 Å². The molecule has 21 heavy (non-hydrogen) atoms. The molecule has 1 amide bonds. The number of thiazole rings is 1. The van der Waals surface area contributed by atoms with E-state index in [1.165, 1.54) is 22.3 Å². The van der Waals surface area contributed by atoms with Crippen LogP contribution in [0.15, 0.2) is 30.2 Å². The van der Waals surface area contributed by atoms with Gasteiger partial charge >= 0.3 is 5.97 Å². The van der Waals surface area contributed by atoms with E-state index in [1.807, 2.05) is 17.5 Å². The van der Waals surface area contributed by atoms with Crippen LogP contribution in [-0.4, -0.2) is 40.0 Å². The summed E-state index contributed by atoms with van der Waals surface area (Å²) in [7, 11) is 0. The van der Waals surface area contributed by atoms with Crippen molar-refractivity contribution in [1.29, 1.82) is 0 Å². The summed E-state index contributed by atoms with van der Waals surface area (Å²) in [5.74, 6) is -1.37. The predicted octanol–water partition coefficient (Wildman–Crippen LogP) is 2.89. The highest BCUT2D eigenvalue weighted by atomic mass is 32.1. The molecule has 2 aromatic heterocycles.